The molecule has 0 amide bonds. The maximum atomic E-state index is 12.7. The van der Waals surface area contributed by atoms with Gasteiger partial charge >= 0.3 is 5.69 Å². The summed E-state index contributed by atoms with van der Waals surface area (Å²) < 4.78 is 26.5. The molecule has 0 aliphatic carbocycles. The number of hydrogen-bond donors (Lipinski definition) is 1. The highest BCUT2D eigenvalue weighted by molar-refractivity contribution is 7.89. The highest BCUT2D eigenvalue weighted by atomic mass is 32.2. The van der Waals surface area contributed by atoms with Crippen LogP contribution in [0.15, 0.2) is 23.1 Å². The van der Waals surface area contributed by atoms with E-state index in [2.05, 4.69) is 5.32 Å². The summed E-state index contributed by atoms with van der Waals surface area (Å²) in [4.78, 5) is 10.3. The molecule has 8 heteroatoms. The number of para-hydroxylation sites is 1. The summed E-state index contributed by atoms with van der Waals surface area (Å²) in [5.74, 6) is 0.0938. The van der Waals surface area contributed by atoms with Crippen molar-refractivity contribution in [3.05, 3.63) is 28.3 Å². The molecule has 0 aliphatic heterocycles. The highest BCUT2D eigenvalue weighted by Gasteiger charge is 2.34. The lowest BCUT2D eigenvalue weighted by Crippen LogP contribution is -2.38. The molecule has 1 aromatic rings. The van der Waals surface area contributed by atoms with Crippen molar-refractivity contribution in [2.24, 2.45) is 5.92 Å². The summed E-state index contributed by atoms with van der Waals surface area (Å²) in [6.07, 6.45) is 0. The fraction of sp³-hybridized carbons (Fsp3) is 0.538. The topological polar surface area (TPSA) is 92.6 Å². The van der Waals surface area contributed by atoms with Crippen LogP contribution in [0.2, 0.25) is 0 Å². The first-order valence-corrected chi connectivity index (χ1v) is 8.01. The van der Waals surface area contributed by atoms with Crippen LogP contribution in [-0.4, -0.2) is 37.8 Å². The monoisotopic (exact) mass is 315 g/mol. The molecule has 118 valence electrons. The molecule has 0 spiro atoms. The molecule has 1 atom stereocenters. The Bertz CT molecular complexity index is 628. The Labute approximate surface area is 125 Å². The van der Waals surface area contributed by atoms with E-state index >= 15 is 0 Å². The van der Waals surface area contributed by atoms with Gasteiger partial charge in [-0.15, -0.1) is 0 Å². The van der Waals surface area contributed by atoms with Gasteiger partial charge in [-0.3, -0.25) is 10.1 Å². The third kappa shape index (κ3) is 3.33. The van der Waals surface area contributed by atoms with Crippen LogP contribution in [0.3, 0.4) is 0 Å². The molecular formula is C13H21N3O4S. The van der Waals surface area contributed by atoms with E-state index in [1.54, 1.807) is 6.92 Å². The van der Waals surface area contributed by atoms with Gasteiger partial charge < -0.3 is 5.32 Å². The molecule has 0 aliphatic rings. The number of sulfonamides is 1. The summed E-state index contributed by atoms with van der Waals surface area (Å²) >= 11 is 0. The second kappa shape index (κ2) is 6.40. The third-order valence-electron chi connectivity index (χ3n) is 3.65. The fourth-order valence-corrected chi connectivity index (χ4v) is 3.59. The molecule has 0 saturated heterocycles. The Hall–Kier alpha value is -1.67. The summed E-state index contributed by atoms with van der Waals surface area (Å²) in [5, 5.41) is 13.9. The molecule has 21 heavy (non-hydrogen) atoms. The first-order valence-electron chi connectivity index (χ1n) is 6.57. The number of rotatable bonds is 6. The van der Waals surface area contributed by atoms with Crippen molar-refractivity contribution in [2.75, 3.05) is 19.4 Å². The minimum Gasteiger partial charge on any atom is -0.383 e. The zero-order valence-corrected chi connectivity index (χ0v) is 13.6. The molecule has 1 aromatic carbocycles. The smallest absolute Gasteiger partial charge is 0.312 e. The second-order valence-electron chi connectivity index (χ2n) is 5.17. The molecule has 7 nitrogen and oxygen atoms in total. The second-order valence-corrected chi connectivity index (χ2v) is 7.13. The van der Waals surface area contributed by atoms with Crippen molar-refractivity contribution < 1.29 is 13.3 Å². The molecule has 1 rings (SSSR count). The molecule has 0 fully saturated rings. The van der Waals surface area contributed by atoms with E-state index in [-0.39, 0.29) is 22.5 Å². The van der Waals surface area contributed by atoms with Crippen LogP contribution in [0.4, 0.5) is 11.4 Å². The largest absolute Gasteiger partial charge is 0.383 e. The van der Waals surface area contributed by atoms with Crippen molar-refractivity contribution in [3.8, 4) is 0 Å². The SMILES string of the molecule is CNc1cccc(S(=O)(=O)N(C)C(C)C(C)C)c1[N+](=O)[O-]. The van der Waals surface area contributed by atoms with Gasteiger partial charge in [0, 0.05) is 20.1 Å². The predicted molar refractivity (Wildman–Crippen MR) is 81.9 cm³/mol. The minimum absolute atomic E-state index is 0.0938. The molecule has 0 radical (unpaired) electrons. The average Bonchev–Trinajstić information content (AvgIpc) is 2.44. The van der Waals surface area contributed by atoms with Gasteiger partial charge in [-0.2, -0.15) is 4.31 Å². The number of benzene rings is 1. The number of nitro groups is 1. The van der Waals surface area contributed by atoms with Gasteiger partial charge in [0.15, 0.2) is 4.90 Å². The van der Waals surface area contributed by atoms with E-state index in [1.807, 2.05) is 13.8 Å². The van der Waals surface area contributed by atoms with Gasteiger partial charge in [-0.1, -0.05) is 19.9 Å². The average molecular weight is 315 g/mol. The van der Waals surface area contributed by atoms with Gasteiger partial charge in [0.1, 0.15) is 5.69 Å². The van der Waals surface area contributed by atoms with E-state index in [1.165, 1.54) is 36.6 Å². The first kappa shape index (κ1) is 17.4. The number of hydrogen-bond acceptors (Lipinski definition) is 5. The summed E-state index contributed by atoms with van der Waals surface area (Å²) in [6.45, 7) is 5.57. The van der Waals surface area contributed by atoms with Gasteiger partial charge in [0.05, 0.1) is 4.92 Å². The van der Waals surface area contributed by atoms with Crippen LogP contribution in [0.1, 0.15) is 20.8 Å². The Balaban J connectivity index is 3.49. The van der Waals surface area contributed by atoms with Crippen LogP contribution in [0, 0.1) is 16.0 Å². The fourth-order valence-electron chi connectivity index (χ4n) is 1.91. The zero-order valence-electron chi connectivity index (χ0n) is 12.8. The molecule has 0 saturated carbocycles. The van der Waals surface area contributed by atoms with Crippen LogP contribution >= 0.6 is 0 Å². The van der Waals surface area contributed by atoms with Crippen molar-refractivity contribution in [2.45, 2.75) is 31.7 Å². The van der Waals surface area contributed by atoms with E-state index in [0.29, 0.717) is 0 Å². The van der Waals surface area contributed by atoms with Gasteiger partial charge in [0.25, 0.3) is 0 Å². The highest BCUT2D eigenvalue weighted by Crippen LogP contribution is 2.34. The standard InChI is InChI=1S/C13H21N3O4S/c1-9(2)10(3)15(5)21(19,20)12-8-6-7-11(14-4)13(12)16(17)18/h6-10,14H,1-5H3. The molecular weight excluding hydrogens is 294 g/mol. The van der Waals surface area contributed by atoms with E-state index in [0.717, 1.165) is 0 Å². The number of anilines is 1. The van der Waals surface area contributed by atoms with Gasteiger partial charge in [-0.05, 0) is 25.0 Å². The van der Waals surface area contributed by atoms with Crippen LogP contribution in [0.25, 0.3) is 0 Å². The van der Waals surface area contributed by atoms with Crippen molar-refractivity contribution >= 4 is 21.4 Å². The number of nitro benzene ring substituents is 1. The normalized spacial score (nSPS) is 13.5. The first-order chi connectivity index (χ1) is 9.64. The number of nitrogens with zero attached hydrogens (tertiary/aromatic N) is 2. The summed E-state index contributed by atoms with van der Waals surface area (Å²) in [5.41, 5.74) is -0.255. The van der Waals surface area contributed by atoms with Gasteiger partial charge in [-0.25, -0.2) is 8.42 Å². The summed E-state index contributed by atoms with van der Waals surface area (Å²) in [6, 6.07) is 3.95. The van der Waals surface area contributed by atoms with Crippen LogP contribution in [0.5, 0.6) is 0 Å². The molecule has 0 aromatic heterocycles. The van der Waals surface area contributed by atoms with Crippen molar-refractivity contribution in [1.29, 1.82) is 0 Å². The van der Waals surface area contributed by atoms with Gasteiger partial charge in [0.2, 0.25) is 10.0 Å². The zero-order chi connectivity index (χ0) is 16.4. The van der Waals surface area contributed by atoms with E-state index < -0.39 is 20.6 Å². The maximum Gasteiger partial charge on any atom is 0.312 e. The van der Waals surface area contributed by atoms with E-state index in [9.17, 15) is 18.5 Å². The Kier molecular flexibility index (Phi) is 5.30. The molecule has 1 N–H and O–H groups in total. The lowest BCUT2D eigenvalue weighted by molar-refractivity contribution is -0.386. The lowest BCUT2D eigenvalue weighted by atomic mass is 10.1. The maximum absolute atomic E-state index is 12.7. The Morgan fingerprint density at radius 2 is 1.86 bits per heavy atom. The van der Waals surface area contributed by atoms with Crippen molar-refractivity contribution in [1.82, 2.24) is 4.31 Å². The predicted octanol–water partition coefficient (Wildman–Crippen LogP) is 2.30. The quantitative estimate of drug-likeness (QED) is 0.642. The lowest BCUT2D eigenvalue weighted by Gasteiger charge is -2.27. The van der Waals surface area contributed by atoms with Crippen molar-refractivity contribution in [3.63, 3.8) is 0 Å². The van der Waals surface area contributed by atoms with Crippen LogP contribution < -0.4 is 5.32 Å². The number of nitrogens with one attached hydrogen (secondary N) is 1. The molecule has 0 heterocycles. The van der Waals surface area contributed by atoms with E-state index in [4.69, 9.17) is 0 Å². The van der Waals surface area contributed by atoms with Crippen LogP contribution in [-0.2, 0) is 10.0 Å². The minimum atomic E-state index is -3.94. The Morgan fingerprint density at radius 3 is 2.29 bits per heavy atom. The Morgan fingerprint density at radius 1 is 1.29 bits per heavy atom. The third-order valence-corrected chi connectivity index (χ3v) is 5.62. The summed E-state index contributed by atoms with van der Waals surface area (Å²) in [7, 11) is -0.987. The molecule has 0 bridgehead atoms. The molecule has 1 unspecified atom stereocenters.